The summed E-state index contributed by atoms with van der Waals surface area (Å²) in [6.45, 7) is 2.78. The Labute approximate surface area is 105 Å². The Balaban J connectivity index is 2.24. The molecule has 4 heteroatoms. The van der Waals surface area contributed by atoms with E-state index in [0.29, 0.717) is 12.6 Å². The molecule has 88 valence electrons. The highest BCUT2D eigenvalue weighted by atomic mass is 79.9. The first-order valence-corrected chi connectivity index (χ1v) is 6.48. The number of hydrogen-bond acceptors (Lipinski definition) is 3. The third-order valence-electron chi connectivity index (χ3n) is 3.30. The summed E-state index contributed by atoms with van der Waals surface area (Å²) in [6.07, 6.45) is 4.46. The van der Waals surface area contributed by atoms with Crippen LogP contribution in [0.2, 0.25) is 0 Å². The summed E-state index contributed by atoms with van der Waals surface area (Å²) < 4.78 is 1.08. The monoisotopic (exact) mass is 283 g/mol. The molecule has 0 saturated heterocycles. The summed E-state index contributed by atoms with van der Waals surface area (Å²) in [5, 5.41) is 0. The van der Waals surface area contributed by atoms with Crippen molar-refractivity contribution in [3.8, 4) is 0 Å². The first-order valence-electron chi connectivity index (χ1n) is 5.69. The van der Waals surface area contributed by atoms with Crippen LogP contribution in [0.3, 0.4) is 0 Å². The van der Waals surface area contributed by atoms with Gasteiger partial charge in [-0.1, -0.05) is 0 Å². The van der Waals surface area contributed by atoms with E-state index in [4.69, 9.17) is 5.73 Å². The van der Waals surface area contributed by atoms with Crippen molar-refractivity contribution < 1.29 is 0 Å². The Hall–Kier alpha value is -0.610. The minimum atomic E-state index is 0.422. The van der Waals surface area contributed by atoms with Gasteiger partial charge in [0.05, 0.1) is 4.47 Å². The van der Waals surface area contributed by atoms with E-state index in [1.807, 2.05) is 12.3 Å². The fourth-order valence-corrected chi connectivity index (χ4v) is 2.59. The highest BCUT2D eigenvalue weighted by molar-refractivity contribution is 9.10. The average Bonchev–Trinajstić information content (AvgIpc) is 3.07. The second-order valence-corrected chi connectivity index (χ2v) is 5.31. The molecule has 1 aromatic rings. The molecule has 0 aliphatic heterocycles. The summed E-state index contributed by atoms with van der Waals surface area (Å²) in [4.78, 5) is 6.66. The van der Waals surface area contributed by atoms with Crippen molar-refractivity contribution in [1.82, 2.24) is 4.98 Å². The number of hydrogen-bond donors (Lipinski definition) is 1. The van der Waals surface area contributed by atoms with Crippen LogP contribution in [0, 0.1) is 12.8 Å². The van der Waals surface area contributed by atoms with Gasteiger partial charge in [0.15, 0.2) is 0 Å². The number of pyridine rings is 1. The lowest BCUT2D eigenvalue weighted by Gasteiger charge is -2.29. The van der Waals surface area contributed by atoms with Gasteiger partial charge in [-0.3, -0.25) is 0 Å². The number of aromatic nitrogens is 1. The van der Waals surface area contributed by atoms with Crippen molar-refractivity contribution in [3.63, 3.8) is 0 Å². The summed E-state index contributed by atoms with van der Waals surface area (Å²) in [7, 11) is 2.09. The zero-order chi connectivity index (χ0) is 11.7. The topological polar surface area (TPSA) is 42.2 Å². The molecule has 1 aliphatic carbocycles. The van der Waals surface area contributed by atoms with Crippen LogP contribution in [0.5, 0.6) is 0 Å². The molecule has 2 rings (SSSR count). The molecule has 1 fully saturated rings. The number of nitrogens with two attached hydrogens (primary N) is 1. The van der Waals surface area contributed by atoms with Crippen LogP contribution >= 0.6 is 15.9 Å². The Bertz CT molecular complexity index is 377. The van der Waals surface area contributed by atoms with Gasteiger partial charge in [0.25, 0.3) is 0 Å². The van der Waals surface area contributed by atoms with E-state index >= 15 is 0 Å². The third-order valence-corrected chi connectivity index (χ3v) is 4.28. The third kappa shape index (κ3) is 2.23. The van der Waals surface area contributed by atoms with Crippen LogP contribution in [0.15, 0.2) is 16.7 Å². The quantitative estimate of drug-likeness (QED) is 0.922. The van der Waals surface area contributed by atoms with Crippen molar-refractivity contribution in [2.24, 2.45) is 11.7 Å². The Morgan fingerprint density at radius 1 is 1.62 bits per heavy atom. The molecule has 1 atom stereocenters. The zero-order valence-electron chi connectivity index (χ0n) is 9.78. The summed E-state index contributed by atoms with van der Waals surface area (Å²) in [5.41, 5.74) is 7.07. The number of aryl methyl sites for hydroxylation is 1. The van der Waals surface area contributed by atoms with Crippen LogP contribution in [0.1, 0.15) is 18.4 Å². The van der Waals surface area contributed by atoms with Crippen molar-refractivity contribution >= 4 is 21.7 Å². The van der Waals surface area contributed by atoms with Gasteiger partial charge in [-0.05, 0) is 53.2 Å². The lowest BCUT2D eigenvalue weighted by molar-refractivity contribution is 0.565. The first kappa shape index (κ1) is 11.9. The normalized spacial score (nSPS) is 17.2. The summed E-state index contributed by atoms with van der Waals surface area (Å²) >= 11 is 3.60. The summed E-state index contributed by atoms with van der Waals surface area (Å²) in [5.74, 6) is 1.76. The predicted octanol–water partition coefficient (Wildman–Crippen LogP) is 2.33. The first-order chi connectivity index (χ1) is 7.65. The van der Waals surface area contributed by atoms with E-state index in [0.717, 1.165) is 16.2 Å². The van der Waals surface area contributed by atoms with Crippen molar-refractivity contribution in [2.75, 3.05) is 18.5 Å². The molecular formula is C12H18BrN3. The van der Waals surface area contributed by atoms with E-state index in [9.17, 15) is 0 Å². The van der Waals surface area contributed by atoms with Gasteiger partial charge in [0.1, 0.15) is 5.82 Å². The van der Waals surface area contributed by atoms with Crippen LogP contribution < -0.4 is 10.6 Å². The number of anilines is 1. The zero-order valence-corrected chi connectivity index (χ0v) is 11.4. The highest BCUT2D eigenvalue weighted by Gasteiger charge is 2.34. The Morgan fingerprint density at radius 2 is 2.31 bits per heavy atom. The Kier molecular flexibility index (Phi) is 3.50. The number of nitrogens with zero attached hydrogens (tertiary/aromatic N) is 2. The maximum Gasteiger partial charge on any atom is 0.143 e. The maximum absolute atomic E-state index is 5.86. The fraction of sp³-hybridized carbons (Fsp3) is 0.583. The van der Waals surface area contributed by atoms with E-state index in [1.165, 1.54) is 18.4 Å². The summed E-state index contributed by atoms with van der Waals surface area (Å²) in [6, 6.07) is 2.43. The Morgan fingerprint density at radius 3 is 2.88 bits per heavy atom. The molecule has 3 nitrogen and oxygen atoms in total. The minimum Gasteiger partial charge on any atom is -0.354 e. The molecule has 0 radical (unpaired) electrons. The molecule has 1 saturated carbocycles. The minimum absolute atomic E-state index is 0.422. The molecule has 1 unspecified atom stereocenters. The molecule has 0 amide bonds. The van der Waals surface area contributed by atoms with Gasteiger partial charge in [0.2, 0.25) is 0 Å². The maximum atomic E-state index is 5.86. The number of rotatable bonds is 4. The molecular weight excluding hydrogens is 266 g/mol. The predicted molar refractivity (Wildman–Crippen MR) is 70.6 cm³/mol. The van der Waals surface area contributed by atoms with E-state index in [2.05, 4.69) is 39.8 Å². The van der Waals surface area contributed by atoms with Crippen molar-refractivity contribution in [3.05, 3.63) is 22.3 Å². The lowest BCUT2D eigenvalue weighted by Crippen LogP contribution is -2.40. The number of likely N-dealkylation sites (N-methyl/N-ethyl adjacent to an activating group) is 1. The molecule has 0 aromatic carbocycles. The smallest absolute Gasteiger partial charge is 0.143 e. The van der Waals surface area contributed by atoms with Gasteiger partial charge in [0, 0.05) is 25.8 Å². The van der Waals surface area contributed by atoms with Crippen LogP contribution in [-0.2, 0) is 0 Å². The molecule has 1 aromatic heterocycles. The molecule has 0 spiro atoms. The highest BCUT2D eigenvalue weighted by Crippen LogP contribution is 2.37. The van der Waals surface area contributed by atoms with Gasteiger partial charge >= 0.3 is 0 Å². The van der Waals surface area contributed by atoms with Gasteiger partial charge in [-0.25, -0.2) is 4.98 Å². The number of halogens is 1. The lowest BCUT2D eigenvalue weighted by atomic mass is 10.1. The molecule has 1 aliphatic rings. The molecule has 0 bridgehead atoms. The van der Waals surface area contributed by atoms with E-state index in [1.54, 1.807) is 0 Å². The van der Waals surface area contributed by atoms with Gasteiger partial charge < -0.3 is 10.6 Å². The average molecular weight is 284 g/mol. The van der Waals surface area contributed by atoms with E-state index < -0.39 is 0 Å². The van der Waals surface area contributed by atoms with Crippen LogP contribution in [0.4, 0.5) is 5.82 Å². The fourth-order valence-electron chi connectivity index (χ4n) is 2.08. The van der Waals surface area contributed by atoms with Gasteiger partial charge in [-0.15, -0.1) is 0 Å². The molecule has 2 N–H and O–H groups in total. The van der Waals surface area contributed by atoms with Crippen molar-refractivity contribution in [1.29, 1.82) is 0 Å². The second-order valence-electron chi connectivity index (χ2n) is 4.52. The molecule has 1 heterocycles. The standard InChI is InChI=1S/C12H18BrN3/c1-8-5-6-15-12(11(8)13)16(2)10(7-14)9-3-4-9/h5-6,9-10H,3-4,7,14H2,1-2H3. The van der Waals surface area contributed by atoms with E-state index in [-0.39, 0.29) is 0 Å². The second kappa shape index (κ2) is 4.72. The van der Waals surface area contributed by atoms with Crippen LogP contribution in [-0.4, -0.2) is 24.6 Å². The largest absolute Gasteiger partial charge is 0.354 e. The van der Waals surface area contributed by atoms with Crippen LogP contribution in [0.25, 0.3) is 0 Å². The van der Waals surface area contributed by atoms with Crippen molar-refractivity contribution in [2.45, 2.75) is 25.8 Å². The molecule has 16 heavy (non-hydrogen) atoms. The van der Waals surface area contributed by atoms with Gasteiger partial charge in [-0.2, -0.15) is 0 Å². The SMILES string of the molecule is Cc1ccnc(N(C)C(CN)C2CC2)c1Br.